The van der Waals surface area contributed by atoms with Crippen molar-refractivity contribution in [2.24, 2.45) is 0 Å². The summed E-state index contributed by atoms with van der Waals surface area (Å²) in [7, 11) is -3.81. The molecule has 0 aliphatic carbocycles. The Kier molecular flexibility index (Phi) is 13.8. The Bertz CT molecular complexity index is 760. The predicted molar refractivity (Wildman–Crippen MR) is 124 cm³/mol. The first-order valence-corrected chi connectivity index (χ1v) is 14.0. The lowest BCUT2D eigenvalue weighted by Crippen LogP contribution is -2.63. The minimum atomic E-state index is -3.81. The van der Waals surface area contributed by atoms with Gasteiger partial charge in [-0.05, 0) is 0 Å². The summed E-state index contributed by atoms with van der Waals surface area (Å²) in [6, 6.07) is 0. The summed E-state index contributed by atoms with van der Waals surface area (Å²) in [6.07, 6.45) is -7.03. The van der Waals surface area contributed by atoms with Gasteiger partial charge in [-0.25, -0.2) is 10.2 Å². The van der Waals surface area contributed by atoms with Crippen molar-refractivity contribution in [1.29, 1.82) is 0 Å². The fourth-order valence-corrected chi connectivity index (χ4v) is 5.47. The van der Waals surface area contributed by atoms with E-state index in [0.29, 0.717) is 10.7 Å². The molecule has 0 radical (unpaired) electrons. The van der Waals surface area contributed by atoms with Crippen LogP contribution in [-0.4, -0.2) is 84.9 Å². The molecule has 1 heterocycles. The van der Waals surface area contributed by atoms with Crippen LogP contribution in [0.5, 0.6) is 0 Å². The molecule has 0 bridgehead atoms. The normalized spacial score (nSPS) is 24.7. The maximum atomic E-state index is 13.4. The second-order valence-corrected chi connectivity index (χ2v) is 10.5. The number of nitrogens with one attached hydrogen (secondary N) is 2. The third-order valence-electron chi connectivity index (χ3n) is 4.03. The van der Waals surface area contributed by atoms with Gasteiger partial charge in [-0.2, -0.15) is 0 Å². The number of rotatable bonds is 13. The molecular formula is C18H29Br2N2O11P. The lowest BCUT2D eigenvalue weighted by molar-refractivity contribution is -0.289. The van der Waals surface area contributed by atoms with Crippen LogP contribution in [-0.2, 0) is 52.0 Å². The van der Waals surface area contributed by atoms with Gasteiger partial charge in [0.2, 0.25) is 6.29 Å². The van der Waals surface area contributed by atoms with Gasteiger partial charge in [0, 0.05) is 51.4 Å². The van der Waals surface area contributed by atoms with Crippen molar-refractivity contribution in [1.82, 2.24) is 10.2 Å². The third kappa shape index (κ3) is 10.7. The Morgan fingerprint density at radius 2 is 1.26 bits per heavy atom. The van der Waals surface area contributed by atoms with Gasteiger partial charge in [0.25, 0.3) is 0 Å². The van der Waals surface area contributed by atoms with Crippen molar-refractivity contribution in [3.63, 3.8) is 0 Å². The monoisotopic (exact) mass is 638 g/mol. The zero-order chi connectivity index (χ0) is 25.9. The molecule has 1 aliphatic heterocycles. The Hall–Kier alpha value is -1.09. The zero-order valence-electron chi connectivity index (χ0n) is 19.1. The molecular weight excluding hydrogens is 611 g/mol. The maximum absolute atomic E-state index is 13.4. The van der Waals surface area contributed by atoms with Gasteiger partial charge in [-0.1, -0.05) is 31.9 Å². The van der Waals surface area contributed by atoms with E-state index in [2.05, 4.69) is 42.0 Å². The van der Waals surface area contributed by atoms with Gasteiger partial charge in [-0.15, -0.1) is 0 Å². The van der Waals surface area contributed by atoms with Crippen molar-refractivity contribution >= 4 is 63.4 Å². The Morgan fingerprint density at radius 3 is 1.71 bits per heavy atom. The van der Waals surface area contributed by atoms with E-state index in [0.717, 1.165) is 27.7 Å². The van der Waals surface area contributed by atoms with E-state index in [1.54, 1.807) is 0 Å². The summed E-state index contributed by atoms with van der Waals surface area (Å²) in [5.41, 5.74) is 0. The van der Waals surface area contributed by atoms with E-state index < -0.39 is 68.9 Å². The number of hydrogen-bond acceptors (Lipinski definition) is 11. The van der Waals surface area contributed by atoms with Crippen molar-refractivity contribution in [2.75, 3.05) is 30.4 Å². The van der Waals surface area contributed by atoms with Gasteiger partial charge in [0.05, 0.1) is 0 Å². The van der Waals surface area contributed by atoms with Crippen LogP contribution in [0.2, 0.25) is 0 Å². The minimum Gasteiger partial charge on any atom is -0.463 e. The molecule has 0 unspecified atom stereocenters. The number of hydrogen-bond donors (Lipinski definition) is 2. The highest BCUT2D eigenvalue weighted by atomic mass is 79.9. The number of alkyl halides is 2. The van der Waals surface area contributed by atoms with Gasteiger partial charge >= 0.3 is 31.5 Å². The summed E-state index contributed by atoms with van der Waals surface area (Å²) in [5.74, 6) is -3.00. The first-order valence-electron chi connectivity index (χ1n) is 10.1. The maximum Gasteiger partial charge on any atom is 0.343 e. The van der Waals surface area contributed by atoms with E-state index in [9.17, 15) is 23.7 Å². The van der Waals surface area contributed by atoms with Crippen molar-refractivity contribution < 1.29 is 52.0 Å². The van der Waals surface area contributed by atoms with Crippen LogP contribution in [0.3, 0.4) is 0 Å². The van der Waals surface area contributed by atoms with Crippen LogP contribution in [0.4, 0.5) is 0 Å². The smallest absolute Gasteiger partial charge is 0.343 e. The number of carbonyl (C=O) groups excluding carboxylic acids is 4. The molecule has 1 aliphatic rings. The number of ether oxygens (including phenoxy) is 5. The Balaban J connectivity index is 3.44. The van der Waals surface area contributed by atoms with Crippen LogP contribution in [0.15, 0.2) is 0 Å². The fraction of sp³-hybridized carbons (Fsp3) is 0.778. The quantitative estimate of drug-likeness (QED) is 0.128. The number of halogens is 2. The topological polar surface area (TPSA) is 165 Å². The lowest BCUT2D eigenvalue weighted by atomic mass is 9.98. The van der Waals surface area contributed by atoms with Gasteiger partial charge in [0.1, 0.15) is 12.7 Å². The van der Waals surface area contributed by atoms with E-state index in [1.807, 2.05) is 0 Å². The van der Waals surface area contributed by atoms with Gasteiger partial charge in [-0.3, -0.25) is 28.3 Å². The summed E-state index contributed by atoms with van der Waals surface area (Å²) < 4.78 is 45.8. The first-order chi connectivity index (χ1) is 15.9. The summed E-state index contributed by atoms with van der Waals surface area (Å²) in [5, 5.41) is 6.32. The molecule has 1 rings (SSSR count). The largest absolute Gasteiger partial charge is 0.463 e. The highest BCUT2D eigenvalue weighted by molar-refractivity contribution is 9.09. The predicted octanol–water partition coefficient (Wildman–Crippen LogP) is 1.16. The average Bonchev–Trinajstić information content (AvgIpc) is 2.73. The molecule has 0 aromatic heterocycles. The summed E-state index contributed by atoms with van der Waals surface area (Å²) >= 11 is 6.44. The number of carbonyl (C=O) groups is 4. The fourth-order valence-electron chi connectivity index (χ4n) is 2.93. The highest BCUT2D eigenvalue weighted by Gasteiger charge is 2.54. The second-order valence-electron chi connectivity index (χ2n) is 6.92. The molecule has 1 saturated heterocycles. The van der Waals surface area contributed by atoms with Crippen LogP contribution in [0.25, 0.3) is 0 Å². The van der Waals surface area contributed by atoms with E-state index in [1.165, 1.54) is 0 Å². The molecule has 0 spiro atoms. The van der Waals surface area contributed by atoms with Gasteiger partial charge < -0.3 is 23.7 Å². The average molecular weight is 640 g/mol. The molecule has 196 valence electrons. The van der Waals surface area contributed by atoms with Crippen LogP contribution in [0.1, 0.15) is 27.7 Å². The molecule has 2 N–H and O–H groups in total. The van der Waals surface area contributed by atoms with Gasteiger partial charge in [0.15, 0.2) is 18.3 Å². The molecule has 13 nitrogen and oxygen atoms in total. The minimum absolute atomic E-state index is 0.234. The van der Waals surface area contributed by atoms with Crippen LogP contribution >= 0.6 is 39.5 Å². The molecule has 0 aromatic rings. The summed E-state index contributed by atoms with van der Waals surface area (Å²) in [6.45, 7) is 4.51. The first kappa shape index (κ1) is 30.9. The van der Waals surface area contributed by atoms with E-state index in [4.69, 9.17) is 28.2 Å². The van der Waals surface area contributed by atoms with Crippen molar-refractivity contribution in [3.8, 4) is 0 Å². The van der Waals surface area contributed by atoms with Crippen molar-refractivity contribution in [3.05, 3.63) is 0 Å². The molecule has 5 atom stereocenters. The van der Waals surface area contributed by atoms with E-state index >= 15 is 0 Å². The van der Waals surface area contributed by atoms with Crippen molar-refractivity contribution in [2.45, 2.75) is 58.4 Å². The lowest BCUT2D eigenvalue weighted by Gasteiger charge is -2.44. The van der Waals surface area contributed by atoms with E-state index in [-0.39, 0.29) is 13.1 Å². The second kappa shape index (κ2) is 15.1. The zero-order valence-corrected chi connectivity index (χ0v) is 23.2. The third-order valence-corrected chi connectivity index (χ3v) is 6.61. The number of esters is 4. The highest BCUT2D eigenvalue weighted by Crippen LogP contribution is 2.43. The summed E-state index contributed by atoms with van der Waals surface area (Å²) in [4.78, 5) is 46.9. The standard InChI is InChI=1S/C18H29Br2N2O11P/c1-10(23)28-9-14-15(29-11(2)24)16(30-12(3)25)17(31-13(4)26)18(32-14)33-34(27,21-7-5-19)22-8-6-20/h14-18H,5-9H2,1-4H3,(H2,21,22,27)/t14-,15-,16+,17-,18+/m1/s1. The molecule has 0 amide bonds. The molecule has 0 aromatic carbocycles. The van der Waals surface area contributed by atoms with Crippen LogP contribution in [0, 0.1) is 0 Å². The SMILES string of the molecule is CC(=O)OC[C@H]1O[C@@H](OP(=O)(NCCBr)NCCBr)[C@H](OC(C)=O)[C@@H](OC(C)=O)[C@@H]1OC(C)=O. The molecule has 1 fully saturated rings. The Labute approximate surface area is 214 Å². The molecule has 0 saturated carbocycles. The van der Waals surface area contributed by atoms with Crippen LogP contribution < -0.4 is 10.2 Å². The molecule has 34 heavy (non-hydrogen) atoms. The molecule has 16 heteroatoms. The Morgan fingerprint density at radius 1 is 0.794 bits per heavy atom.